The Bertz CT molecular complexity index is 745. The summed E-state index contributed by atoms with van der Waals surface area (Å²) < 4.78 is 5.07. The molecule has 0 aliphatic rings. The lowest BCUT2D eigenvalue weighted by atomic mass is 10.0. The number of carbonyl (C=O) groups is 2. The second-order valence-corrected chi connectivity index (χ2v) is 6.95. The first-order valence-corrected chi connectivity index (χ1v) is 8.58. The zero-order valence-corrected chi connectivity index (χ0v) is 15.8. The average Bonchev–Trinajstić information content (AvgIpc) is 3.08. The van der Waals surface area contributed by atoms with Crippen molar-refractivity contribution < 1.29 is 14.0 Å². The van der Waals surface area contributed by atoms with Crippen molar-refractivity contribution in [2.75, 3.05) is 7.05 Å². The predicted octanol–water partition coefficient (Wildman–Crippen LogP) is 4.00. The minimum Gasteiger partial charge on any atom is -0.459 e. The van der Waals surface area contributed by atoms with Crippen LogP contribution >= 0.6 is 23.2 Å². The van der Waals surface area contributed by atoms with Gasteiger partial charge in [0.25, 0.3) is 5.91 Å². The number of halogens is 2. The number of benzene rings is 1. The topological polar surface area (TPSA) is 62.6 Å². The number of furan rings is 1. The Labute approximate surface area is 156 Å². The van der Waals surface area contributed by atoms with Crippen molar-refractivity contribution in [2.24, 2.45) is 5.92 Å². The molecule has 0 spiro atoms. The van der Waals surface area contributed by atoms with Gasteiger partial charge in [0.15, 0.2) is 5.76 Å². The molecular weight excluding hydrogens is 363 g/mol. The first kappa shape index (κ1) is 19.3. The summed E-state index contributed by atoms with van der Waals surface area (Å²) in [5.74, 6) is -0.549. The van der Waals surface area contributed by atoms with Gasteiger partial charge in [0.2, 0.25) is 5.91 Å². The van der Waals surface area contributed by atoms with Crippen LogP contribution in [0.2, 0.25) is 10.0 Å². The van der Waals surface area contributed by atoms with Crippen molar-refractivity contribution in [3.05, 3.63) is 58.0 Å². The number of nitrogens with zero attached hydrogens (tertiary/aromatic N) is 1. The van der Waals surface area contributed by atoms with Crippen LogP contribution in [0.1, 0.15) is 30.0 Å². The van der Waals surface area contributed by atoms with Crippen LogP contribution in [0.4, 0.5) is 0 Å². The molecule has 0 radical (unpaired) electrons. The van der Waals surface area contributed by atoms with E-state index in [0.29, 0.717) is 16.6 Å². The van der Waals surface area contributed by atoms with Crippen LogP contribution in [0.3, 0.4) is 0 Å². The molecule has 0 saturated carbocycles. The molecule has 1 unspecified atom stereocenters. The summed E-state index contributed by atoms with van der Waals surface area (Å²) in [6.45, 7) is 4.05. The maximum Gasteiger partial charge on any atom is 0.287 e. The van der Waals surface area contributed by atoms with Gasteiger partial charge in [-0.2, -0.15) is 0 Å². The highest BCUT2D eigenvalue weighted by molar-refractivity contribution is 6.35. The van der Waals surface area contributed by atoms with Crippen LogP contribution < -0.4 is 5.32 Å². The first-order chi connectivity index (χ1) is 11.8. The van der Waals surface area contributed by atoms with E-state index in [1.165, 1.54) is 11.2 Å². The van der Waals surface area contributed by atoms with Crippen molar-refractivity contribution >= 4 is 35.0 Å². The minimum atomic E-state index is -0.673. The summed E-state index contributed by atoms with van der Waals surface area (Å²) in [7, 11) is 1.67. The van der Waals surface area contributed by atoms with Crippen molar-refractivity contribution in [3.8, 4) is 0 Å². The number of hydrogen-bond donors (Lipinski definition) is 1. The van der Waals surface area contributed by atoms with Gasteiger partial charge in [0, 0.05) is 23.6 Å². The fourth-order valence-corrected chi connectivity index (χ4v) is 2.82. The first-order valence-electron chi connectivity index (χ1n) is 7.83. The number of likely N-dealkylation sites (N-methyl/N-ethyl adjacent to an activating group) is 1. The molecule has 0 aliphatic carbocycles. The highest BCUT2D eigenvalue weighted by Gasteiger charge is 2.28. The fraction of sp³-hybridized carbons (Fsp3) is 0.333. The molecule has 0 fully saturated rings. The van der Waals surface area contributed by atoms with Gasteiger partial charge in [-0.3, -0.25) is 9.59 Å². The molecule has 1 heterocycles. The molecule has 2 rings (SSSR count). The summed E-state index contributed by atoms with van der Waals surface area (Å²) in [4.78, 5) is 26.5. The second-order valence-electron chi connectivity index (χ2n) is 6.10. The van der Waals surface area contributed by atoms with Gasteiger partial charge < -0.3 is 14.6 Å². The zero-order chi connectivity index (χ0) is 18.6. The Balaban J connectivity index is 2.09. The lowest BCUT2D eigenvalue weighted by molar-refractivity contribution is -0.133. The molecule has 1 aromatic heterocycles. The molecule has 1 aromatic carbocycles. The fourth-order valence-electron chi connectivity index (χ4n) is 2.35. The number of nitrogens with one attached hydrogen (secondary N) is 1. The van der Waals surface area contributed by atoms with Crippen LogP contribution in [-0.2, 0) is 11.3 Å². The molecule has 25 heavy (non-hydrogen) atoms. The molecule has 1 N–H and O–H groups in total. The third-order valence-electron chi connectivity index (χ3n) is 3.76. The highest BCUT2D eigenvalue weighted by atomic mass is 35.5. The maximum atomic E-state index is 12.8. The molecule has 2 amide bonds. The Hall–Kier alpha value is -1.98. The summed E-state index contributed by atoms with van der Waals surface area (Å²) >= 11 is 12.1. The van der Waals surface area contributed by atoms with Crippen molar-refractivity contribution in [3.63, 3.8) is 0 Å². The highest BCUT2D eigenvalue weighted by Crippen LogP contribution is 2.22. The molecule has 134 valence electrons. The van der Waals surface area contributed by atoms with E-state index in [0.717, 1.165) is 5.56 Å². The third-order valence-corrected chi connectivity index (χ3v) is 4.35. The summed E-state index contributed by atoms with van der Waals surface area (Å²) in [6.07, 6.45) is 1.41. The normalized spacial score (nSPS) is 12.1. The third kappa shape index (κ3) is 5.00. The minimum absolute atomic E-state index is 0.0884. The molecule has 0 aliphatic heterocycles. The monoisotopic (exact) mass is 382 g/mol. The zero-order valence-electron chi connectivity index (χ0n) is 14.3. The van der Waals surface area contributed by atoms with Crippen LogP contribution in [0, 0.1) is 5.92 Å². The Morgan fingerprint density at radius 2 is 1.96 bits per heavy atom. The van der Waals surface area contributed by atoms with E-state index in [4.69, 9.17) is 27.6 Å². The Kier molecular flexibility index (Phi) is 6.51. The van der Waals surface area contributed by atoms with Crippen molar-refractivity contribution in [1.82, 2.24) is 10.2 Å². The van der Waals surface area contributed by atoms with Crippen molar-refractivity contribution in [1.29, 1.82) is 0 Å². The molecule has 0 saturated heterocycles. The molecule has 5 nitrogen and oxygen atoms in total. The quantitative estimate of drug-likeness (QED) is 0.820. The van der Waals surface area contributed by atoms with Gasteiger partial charge in [-0.25, -0.2) is 0 Å². The number of rotatable bonds is 6. The largest absolute Gasteiger partial charge is 0.459 e. The summed E-state index contributed by atoms with van der Waals surface area (Å²) in [5.41, 5.74) is 0.779. The van der Waals surface area contributed by atoms with Crippen LogP contribution in [0.15, 0.2) is 41.0 Å². The standard InChI is InChI=1S/C18H20Cl2N2O3/c1-11(2)16(21-17(23)15-5-4-8-25-15)18(24)22(3)10-12-6-7-13(19)9-14(12)20/h4-9,11,16H,10H2,1-3H3,(H,21,23). The van der Waals surface area contributed by atoms with E-state index in [-0.39, 0.29) is 17.6 Å². The van der Waals surface area contributed by atoms with Gasteiger partial charge in [-0.05, 0) is 35.7 Å². The van der Waals surface area contributed by atoms with E-state index < -0.39 is 11.9 Å². The van der Waals surface area contributed by atoms with E-state index in [1.54, 1.807) is 37.4 Å². The predicted molar refractivity (Wildman–Crippen MR) is 97.7 cm³/mol. The van der Waals surface area contributed by atoms with Crippen LogP contribution in [-0.4, -0.2) is 29.8 Å². The number of amides is 2. The van der Waals surface area contributed by atoms with Gasteiger partial charge >= 0.3 is 0 Å². The SMILES string of the molecule is CC(C)C(NC(=O)c1ccco1)C(=O)N(C)Cc1ccc(Cl)cc1Cl. The molecule has 2 aromatic rings. The molecule has 7 heteroatoms. The lowest BCUT2D eigenvalue weighted by Crippen LogP contribution is -2.50. The van der Waals surface area contributed by atoms with Crippen LogP contribution in [0.5, 0.6) is 0 Å². The van der Waals surface area contributed by atoms with E-state index in [2.05, 4.69) is 5.32 Å². The van der Waals surface area contributed by atoms with E-state index in [9.17, 15) is 9.59 Å². The molecular formula is C18H20Cl2N2O3. The number of carbonyl (C=O) groups excluding carboxylic acids is 2. The molecule has 1 atom stereocenters. The van der Waals surface area contributed by atoms with Gasteiger partial charge in [-0.1, -0.05) is 43.1 Å². The lowest BCUT2D eigenvalue weighted by Gasteiger charge is -2.27. The van der Waals surface area contributed by atoms with E-state index in [1.807, 2.05) is 13.8 Å². The Morgan fingerprint density at radius 1 is 1.24 bits per heavy atom. The van der Waals surface area contributed by atoms with Gasteiger partial charge in [0.05, 0.1) is 6.26 Å². The van der Waals surface area contributed by atoms with Crippen LogP contribution in [0.25, 0.3) is 0 Å². The van der Waals surface area contributed by atoms with Gasteiger partial charge in [0.1, 0.15) is 6.04 Å². The van der Waals surface area contributed by atoms with E-state index >= 15 is 0 Å². The smallest absolute Gasteiger partial charge is 0.287 e. The molecule has 0 bridgehead atoms. The number of hydrogen-bond acceptors (Lipinski definition) is 3. The average molecular weight is 383 g/mol. The summed E-state index contributed by atoms with van der Waals surface area (Å²) in [6, 6.07) is 7.63. The second kappa shape index (κ2) is 8.41. The summed E-state index contributed by atoms with van der Waals surface area (Å²) in [5, 5.41) is 3.76. The van der Waals surface area contributed by atoms with Gasteiger partial charge in [-0.15, -0.1) is 0 Å². The van der Waals surface area contributed by atoms with Crippen molar-refractivity contribution in [2.45, 2.75) is 26.4 Å². The Morgan fingerprint density at radius 3 is 2.52 bits per heavy atom. The maximum absolute atomic E-state index is 12.8.